The number of rotatable bonds is 3. The summed E-state index contributed by atoms with van der Waals surface area (Å²) in [4.78, 5) is 8.64. The standard InChI is InChI=1S/C22H22FN5O2/c1-3-26-20-13(9-24)6-18-21(28-11-29-18)16-5-4-15(23)8-17(16)12(2)30-19-7-14(20)10-27-22(19)25/h4-5,7-12,24,26H,3,6H2,1-2H3,(H2,25,27)/b20-13-,24-9?/t12-/m1/s1. The number of nitrogens with two attached hydrogens (primary N) is 1. The molecule has 0 radical (unpaired) electrons. The van der Waals surface area contributed by atoms with Crippen LogP contribution in [-0.4, -0.2) is 22.7 Å². The monoisotopic (exact) mass is 407 g/mol. The minimum absolute atomic E-state index is 0.231. The van der Waals surface area contributed by atoms with E-state index in [1.165, 1.54) is 24.7 Å². The number of benzene rings is 1. The van der Waals surface area contributed by atoms with Crippen molar-refractivity contribution in [3.63, 3.8) is 0 Å². The van der Waals surface area contributed by atoms with Crippen LogP contribution in [0.1, 0.15) is 36.8 Å². The second kappa shape index (κ2) is 7.98. The molecule has 7 nitrogen and oxygen atoms in total. The summed E-state index contributed by atoms with van der Waals surface area (Å²) in [7, 11) is 0. The molecule has 0 unspecified atom stereocenters. The van der Waals surface area contributed by atoms with Crippen LogP contribution in [0.3, 0.4) is 0 Å². The van der Waals surface area contributed by atoms with Crippen molar-refractivity contribution in [3.05, 3.63) is 65.1 Å². The van der Waals surface area contributed by atoms with Crippen LogP contribution in [0.15, 0.2) is 46.8 Å². The summed E-state index contributed by atoms with van der Waals surface area (Å²) in [5.74, 6) is 0.815. The second-order valence-corrected chi connectivity index (χ2v) is 6.97. The molecule has 30 heavy (non-hydrogen) atoms. The number of hydrogen-bond acceptors (Lipinski definition) is 7. The first-order valence-corrected chi connectivity index (χ1v) is 9.64. The van der Waals surface area contributed by atoms with Crippen LogP contribution < -0.4 is 15.8 Å². The SMILES string of the molecule is CCN/C1=C(\C=N)Cc2ocnc2-c2ccc(F)cc2[C@@H](C)Oc2cc1cnc2N. The third-order valence-corrected chi connectivity index (χ3v) is 5.02. The molecule has 0 fully saturated rings. The van der Waals surface area contributed by atoms with Crippen molar-refractivity contribution in [2.45, 2.75) is 26.4 Å². The molecule has 3 heterocycles. The van der Waals surface area contributed by atoms with Gasteiger partial charge in [-0.25, -0.2) is 14.4 Å². The Balaban J connectivity index is 2.00. The predicted molar refractivity (Wildman–Crippen MR) is 113 cm³/mol. The molecule has 1 aliphatic heterocycles. The number of halogens is 1. The van der Waals surface area contributed by atoms with Crippen molar-refractivity contribution < 1.29 is 13.5 Å². The van der Waals surface area contributed by atoms with Gasteiger partial charge in [-0.1, -0.05) is 0 Å². The average Bonchev–Trinajstić information content (AvgIpc) is 3.19. The molecule has 0 spiro atoms. The van der Waals surface area contributed by atoms with Crippen molar-refractivity contribution in [3.8, 4) is 17.0 Å². The maximum atomic E-state index is 14.1. The van der Waals surface area contributed by atoms with Crippen molar-refractivity contribution in [1.29, 1.82) is 5.41 Å². The van der Waals surface area contributed by atoms with Crippen LogP contribution in [0.5, 0.6) is 5.75 Å². The molecule has 4 N–H and O–H groups in total. The van der Waals surface area contributed by atoms with Gasteiger partial charge in [-0.2, -0.15) is 0 Å². The van der Waals surface area contributed by atoms with E-state index in [9.17, 15) is 4.39 Å². The number of nitrogens with one attached hydrogen (secondary N) is 2. The van der Waals surface area contributed by atoms with E-state index in [1.807, 2.05) is 13.8 Å². The molecule has 1 aliphatic rings. The van der Waals surface area contributed by atoms with Crippen LogP contribution in [0.25, 0.3) is 17.0 Å². The van der Waals surface area contributed by atoms with Crippen molar-refractivity contribution in [2.24, 2.45) is 0 Å². The van der Waals surface area contributed by atoms with Gasteiger partial charge in [0, 0.05) is 53.3 Å². The number of allylic oxidation sites excluding steroid dienone is 1. The fourth-order valence-corrected chi connectivity index (χ4v) is 3.60. The number of fused-ring (bicyclic) bond motifs is 5. The molecule has 2 bridgehead atoms. The molecule has 4 rings (SSSR count). The van der Waals surface area contributed by atoms with Gasteiger partial charge in [0.15, 0.2) is 18.0 Å². The zero-order valence-electron chi connectivity index (χ0n) is 16.7. The van der Waals surface area contributed by atoms with Gasteiger partial charge in [-0.3, -0.25) is 0 Å². The zero-order valence-corrected chi connectivity index (χ0v) is 16.7. The third kappa shape index (κ3) is 3.52. The molecule has 0 saturated heterocycles. The molecule has 1 atom stereocenters. The fraction of sp³-hybridized carbons (Fsp3) is 0.227. The molecule has 154 valence electrons. The largest absolute Gasteiger partial charge is 0.482 e. The average molecular weight is 407 g/mol. The predicted octanol–water partition coefficient (Wildman–Crippen LogP) is 4.12. The molecule has 0 saturated carbocycles. The summed E-state index contributed by atoms with van der Waals surface area (Å²) in [6.45, 7) is 4.44. The summed E-state index contributed by atoms with van der Waals surface area (Å²) in [5.41, 5.74) is 10.1. The maximum Gasteiger partial charge on any atom is 0.181 e. The number of anilines is 1. The molecule has 2 aromatic heterocycles. The van der Waals surface area contributed by atoms with Gasteiger partial charge in [-0.05, 0) is 38.1 Å². The minimum Gasteiger partial charge on any atom is -0.482 e. The summed E-state index contributed by atoms with van der Waals surface area (Å²) in [6.07, 6.45) is 4.08. The maximum absolute atomic E-state index is 14.1. The van der Waals surface area contributed by atoms with Crippen molar-refractivity contribution >= 4 is 17.7 Å². The van der Waals surface area contributed by atoms with E-state index in [-0.39, 0.29) is 11.6 Å². The molecule has 3 aromatic rings. The van der Waals surface area contributed by atoms with E-state index in [0.717, 1.165) is 11.3 Å². The quantitative estimate of drug-likeness (QED) is 0.563. The smallest absolute Gasteiger partial charge is 0.181 e. The lowest BCUT2D eigenvalue weighted by Gasteiger charge is -2.21. The van der Waals surface area contributed by atoms with E-state index in [2.05, 4.69) is 15.3 Å². The molecular weight excluding hydrogens is 385 g/mol. The van der Waals surface area contributed by atoms with E-state index in [0.29, 0.717) is 46.9 Å². The first-order valence-electron chi connectivity index (χ1n) is 9.64. The molecular formula is C22H22FN5O2. The van der Waals surface area contributed by atoms with Crippen LogP contribution >= 0.6 is 0 Å². The Kier molecular flexibility index (Phi) is 5.22. The Hall–Kier alpha value is -3.68. The number of oxazole rings is 1. The van der Waals surface area contributed by atoms with E-state index in [1.54, 1.807) is 18.3 Å². The molecule has 0 aliphatic carbocycles. The van der Waals surface area contributed by atoms with E-state index in [4.69, 9.17) is 20.3 Å². The Morgan fingerprint density at radius 1 is 1.33 bits per heavy atom. The summed E-state index contributed by atoms with van der Waals surface area (Å²) >= 11 is 0. The highest BCUT2D eigenvalue weighted by molar-refractivity contribution is 5.90. The third-order valence-electron chi connectivity index (χ3n) is 5.02. The lowest BCUT2D eigenvalue weighted by Crippen LogP contribution is -2.17. The summed E-state index contributed by atoms with van der Waals surface area (Å²) in [6, 6.07) is 6.25. The number of pyridine rings is 1. The first kappa shape index (κ1) is 19.6. The zero-order chi connectivity index (χ0) is 21.3. The molecule has 1 aromatic carbocycles. The van der Waals surface area contributed by atoms with E-state index < -0.39 is 6.10 Å². The summed E-state index contributed by atoms with van der Waals surface area (Å²) < 4.78 is 25.9. The Morgan fingerprint density at radius 2 is 2.17 bits per heavy atom. The van der Waals surface area contributed by atoms with Crippen LogP contribution in [0, 0.1) is 11.2 Å². The number of hydrogen-bond donors (Lipinski definition) is 3. The fourth-order valence-electron chi connectivity index (χ4n) is 3.60. The van der Waals surface area contributed by atoms with Crippen LogP contribution in [-0.2, 0) is 6.42 Å². The topological polar surface area (TPSA) is 110 Å². The van der Waals surface area contributed by atoms with Gasteiger partial charge < -0.3 is 25.6 Å². The number of ether oxygens (including phenoxy) is 1. The van der Waals surface area contributed by atoms with Crippen molar-refractivity contribution in [2.75, 3.05) is 12.3 Å². The highest BCUT2D eigenvalue weighted by Gasteiger charge is 2.23. The number of nitrogen functional groups attached to an aromatic ring is 1. The highest BCUT2D eigenvalue weighted by atomic mass is 19.1. The lowest BCUT2D eigenvalue weighted by atomic mass is 9.96. The molecule has 8 heteroatoms. The van der Waals surface area contributed by atoms with Crippen LogP contribution in [0.4, 0.5) is 10.2 Å². The second-order valence-electron chi connectivity index (χ2n) is 6.97. The molecule has 0 amide bonds. The van der Waals surface area contributed by atoms with Gasteiger partial charge >= 0.3 is 0 Å². The highest BCUT2D eigenvalue weighted by Crippen LogP contribution is 2.36. The van der Waals surface area contributed by atoms with Gasteiger partial charge in [0.25, 0.3) is 0 Å². The Morgan fingerprint density at radius 3 is 2.93 bits per heavy atom. The van der Waals surface area contributed by atoms with Crippen molar-refractivity contribution in [1.82, 2.24) is 15.3 Å². The number of aromatic nitrogens is 2. The van der Waals surface area contributed by atoms with Gasteiger partial charge in [0.05, 0.1) is 0 Å². The Bertz CT molecular complexity index is 1140. The minimum atomic E-state index is -0.521. The van der Waals surface area contributed by atoms with Gasteiger partial charge in [0.1, 0.15) is 23.4 Å². The normalized spacial score (nSPS) is 18.3. The van der Waals surface area contributed by atoms with Crippen LogP contribution in [0.2, 0.25) is 0 Å². The van der Waals surface area contributed by atoms with Gasteiger partial charge in [0.2, 0.25) is 0 Å². The van der Waals surface area contributed by atoms with E-state index >= 15 is 0 Å². The Labute approximate surface area is 173 Å². The van der Waals surface area contributed by atoms with Gasteiger partial charge in [-0.15, -0.1) is 0 Å². The lowest BCUT2D eigenvalue weighted by molar-refractivity contribution is 0.227. The first-order chi connectivity index (χ1) is 14.5. The number of nitrogens with zero attached hydrogens (tertiary/aromatic N) is 2. The summed E-state index contributed by atoms with van der Waals surface area (Å²) in [5, 5.41) is 11.3.